The van der Waals surface area contributed by atoms with Gasteiger partial charge in [-0.05, 0) is 34.1 Å². The zero-order valence-corrected chi connectivity index (χ0v) is 13.0. The van der Waals surface area contributed by atoms with Crippen LogP contribution in [0.4, 0.5) is 4.39 Å². The van der Waals surface area contributed by atoms with Crippen LogP contribution in [0.2, 0.25) is 0 Å². The van der Waals surface area contributed by atoms with E-state index in [0.29, 0.717) is 11.5 Å². The van der Waals surface area contributed by atoms with Gasteiger partial charge in [-0.2, -0.15) is 0 Å². The van der Waals surface area contributed by atoms with Crippen molar-refractivity contribution in [3.05, 3.63) is 59.4 Å². The van der Waals surface area contributed by atoms with Crippen molar-refractivity contribution in [2.24, 2.45) is 0 Å². The fraction of sp³-hybridized carbons (Fsp3) is 0.368. The monoisotopic (exact) mass is 270 g/mol. The van der Waals surface area contributed by atoms with Gasteiger partial charge in [0.15, 0.2) is 0 Å². The molecule has 0 aliphatic heterocycles. The van der Waals surface area contributed by atoms with E-state index in [2.05, 4.69) is 46.8 Å². The summed E-state index contributed by atoms with van der Waals surface area (Å²) < 4.78 is 14.3. The first-order valence-electron chi connectivity index (χ1n) is 7.19. The number of benzene rings is 2. The fourth-order valence-corrected chi connectivity index (χ4v) is 2.28. The van der Waals surface area contributed by atoms with E-state index in [-0.39, 0.29) is 11.2 Å². The predicted octanol–water partition coefficient (Wildman–Crippen LogP) is 5.91. The molecule has 0 aliphatic carbocycles. The number of hydrogen-bond acceptors (Lipinski definition) is 0. The second kappa shape index (κ2) is 5.40. The largest absolute Gasteiger partial charge is 0.206 e. The van der Waals surface area contributed by atoms with E-state index >= 15 is 0 Å². The molecule has 0 spiro atoms. The Morgan fingerprint density at radius 3 is 2.20 bits per heavy atom. The predicted molar refractivity (Wildman–Crippen MR) is 84.6 cm³/mol. The van der Waals surface area contributed by atoms with Gasteiger partial charge in [0.2, 0.25) is 0 Å². The van der Waals surface area contributed by atoms with E-state index in [1.807, 2.05) is 24.3 Å². The molecular weight excluding hydrogens is 247 g/mol. The van der Waals surface area contributed by atoms with Gasteiger partial charge in [-0.15, -0.1) is 0 Å². The van der Waals surface area contributed by atoms with Crippen molar-refractivity contribution in [3.8, 4) is 11.1 Å². The van der Waals surface area contributed by atoms with Gasteiger partial charge in [0.05, 0.1) is 0 Å². The average Bonchev–Trinajstić information content (AvgIpc) is 2.37. The first-order chi connectivity index (χ1) is 9.29. The Morgan fingerprint density at radius 1 is 0.950 bits per heavy atom. The molecular formula is C19H23F. The molecule has 0 bridgehead atoms. The zero-order chi connectivity index (χ0) is 14.9. The van der Waals surface area contributed by atoms with Crippen LogP contribution in [0.3, 0.4) is 0 Å². The fourth-order valence-electron chi connectivity index (χ4n) is 2.28. The second-order valence-electron chi connectivity index (χ2n) is 6.72. The van der Waals surface area contributed by atoms with Crippen LogP contribution in [-0.2, 0) is 5.41 Å². The summed E-state index contributed by atoms with van der Waals surface area (Å²) in [6.07, 6.45) is 0. The molecule has 0 nitrogen and oxygen atoms in total. The molecule has 2 aromatic carbocycles. The third-order valence-electron chi connectivity index (χ3n) is 3.70. The average molecular weight is 270 g/mol. The van der Waals surface area contributed by atoms with Gasteiger partial charge < -0.3 is 0 Å². The summed E-state index contributed by atoms with van der Waals surface area (Å²) in [4.78, 5) is 0. The summed E-state index contributed by atoms with van der Waals surface area (Å²) in [6.45, 7) is 10.7. The maximum atomic E-state index is 14.3. The zero-order valence-electron chi connectivity index (χ0n) is 13.0. The summed E-state index contributed by atoms with van der Waals surface area (Å²) in [5, 5.41) is 0. The Kier molecular flexibility index (Phi) is 3.99. The molecule has 106 valence electrons. The Morgan fingerprint density at radius 2 is 1.65 bits per heavy atom. The molecule has 0 saturated heterocycles. The van der Waals surface area contributed by atoms with E-state index in [9.17, 15) is 4.39 Å². The maximum Gasteiger partial charge on any atom is 0.131 e. The van der Waals surface area contributed by atoms with Gasteiger partial charge in [0.25, 0.3) is 0 Å². The Balaban J connectivity index is 2.47. The molecule has 0 amide bonds. The van der Waals surface area contributed by atoms with Crippen LogP contribution < -0.4 is 0 Å². The normalized spacial score (nSPS) is 11.9. The van der Waals surface area contributed by atoms with E-state index in [0.717, 1.165) is 11.1 Å². The Bertz CT molecular complexity index is 603. The molecule has 0 N–H and O–H groups in total. The minimum atomic E-state index is -0.137. The summed E-state index contributed by atoms with van der Waals surface area (Å²) in [7, 11) is 0. The quantitative estimate of drug-likeness (QED) is 0.636. The molecule has 20 heavy (non-hydrogen) atoms. The highest BCUT2D eigenvalue weighted by atomic mass is 19.1. The lowest BCUT2D eigenvalue weighted by atomic mass is 9.85. The second-order valence-corrected chi connectivity index (χ2v) is 6.72. The summed E-state index contributed by atoms with van der Waals surface area (Å²) >= 11 is 0. The number of rotatable bonds is 2. The third kappa shape index (κ3) is 3.09. The van der Waals surface area contributed by atoms with Crippen LogP contribution in [0.1, 0.15) is 51.7 Å². The minimum Gasteiger partial charge on any atom is -0.206 e. The standard InChI is InChI=1S/C19H23F/c1-13(2)14-9-10-17(18(20)12-14)15-7-6-8-16(11-15)19(3,4)5/h6-13H,1-5H3. The van der Waals surface area contributed by atoms with Gasteiger partial charge in [0.1, 0.15) is 5.82 Å². The topological polar surface area (TPSA) is 0 Å². The smallest absolute Gasteiger partial charge is 0.131 e. The van der Waals surface area contributed by atoms with Crippen molar-refractivity contribution in [1.82, 2.24) is 0 Å². The van der Waals surface area contributed by atoms with Crippen LogP contribution in [-0.4, -0.2) is 0 Å². The lowest BCUT2D eigenvalue weighted by Crippen LogP contribution is -2.10. The molecule has 0 atom stereocenters. The van der Waals surface area contributed by atoms with Crippen molar-refractivity contribution < 1.29 is 4.39 Å². The molecule has 0 fully saturated rings. The van der Waals surface area contributed by atoms with Crippen molar-refractivity contribution in [2.45, 2.75) is 46.0 Å². The van der Waals surface area contributed by atoms with Gasteiger partial charge in [-0.3, -0.25) is 0 Å². The first kappa shape index (κ1) is 14.8. The number of hydrogen-bond donors (Lipinski definition) is 0. The Hall–Kier alpha value is -1.63. The van der Waals surface area contributed by atoms with Crippen LogP contribution in [0.5, 0.6) is 0 Å². The Labute approximate surface area is 121 Å². The van der Waals surface area contributed by atoms with E-state index in [1.165, 1.54) is 5.56 Å². The lowest BCUT2D eigenvalue weighted by molar-refractivity contribution is 0.590. The van der Waals surface area contributed by atoms with Crippen molar-refractivity contribution >= 4 is 0 Å². The van der Waals surface area contributed by atoms with Crippen LogP contribution in [0, 0.1) is 5.82 Å². The van der Waals surface area contributed by atoms with Crippen LogP contribution >= 0.6 is 0 Å². The summed E-state index contributed by atoms with van der Waals surface area (Å²) in [5.41, 5.74) is 3.97. The third-order valence-corrected chi connectivity index (χ3v) is 3.70. The van der Waals surface area contributed by atoms with E-state index in [4.69, 9.17) is 0 Å². The number of halogens is 1. The van der Waals surface area contributed by atoms with Gasteiger partial charge in [0, 0.05) is 5.56 Å². The van der Waals surface area contributed by atoms with Gasteiger partial charge in [-0.25, -0.2) is 4.39 Å². The minimum absolute atomic E-state index is 0.0738. The maximum absolute atomic E-state index is 14.3. The molecule has 0 aliphatic rings. The lowest BCUT2D eigenvalue weighted by Gasteiger charge is -2.20. The summed E-state index contributed by atoms with van der Waals surface area (Å²) in [5.74, 6) is 0.210. The van der Waals surface area contributed by atoms with Crippen molar-refractivity contribution in [1.29, 1.82) is 0 Å². The highest BCUT2D eigenvalue weighted by Crippen LogP contribution is 2.30. The van der Waals surface area contributed by atoms with Gasteiger partial charge >= 0.3 is 0 Å². The molecule has 1 heteroatoms. The molecule has 0 saturated carbocycles. The highest BCUT2D eigenvalue weighted by Gasteiger charge is 2.15. The molecule has 0 unspecified atom stereocenters. The summed E-state index contributed by atoms with van der Waals surface area (Å²) in [6, 6.07) is 13.7. The van der Waals surface area contributed by atoms with Crippen molar-refractivity contribution in [3.63, 3.8) is 0 Å². The molecule has 2 aromatic rings. The SMILES string of the molecule is CC(C)c1ccc(-c2cccc(C(C)(C)C)c2)c(F)c1. The van der Waals surface area contributed by atoms with E-state index < -0.39 is 0 Å². The van der Waals surface area contributed by atoms with Crippen LogP contribution in [0.25, 0.3) is 11.1 Å². The molecule has 0 radical (unpaired) electrons. The van der Waals surface area contributed by atoms with Crippen LogP contribution in [0.15, 0.2) is 42.5 Å². The highest BCUT2D eigenvalue weighted by molar-refractivity contribution is 5.65. The first-order valence-corrected chi connectivity index (χ1v) is 7.19. The van der Waals surface area contributed by atoms with Gasteiger partial charge in [-0.1, -0.05) is 71.0 Å². The molecule has 0 heterocycles. The van der Waals surface area contributed by atoms with E-state index in [1.54, 1.807) is 6.07 Å². The molecule has 0 aromatic heterocycles. The van der Waals surface area contributed by atoms with Crippen molar-refractivity contribution in [2.75, 3.05) is 0 Å². The molecule has 2 rings (SSSR count).